The fourth-order valence-corrected chi connectivity index (χ4v) is 7.16. The van der Waals surface area contributed by atoms with Crippen LogP contribution in [-0.4, -0.2) is 84.8 Å². The molecule has 1 heterocycles. The number of allylic oxidation sites excluding steroid dienone is 2. The summed E-state index contributed by atoms with van der Waals surface area (Å²) in [6.07, 6.45) is 11.7. The molecule has 0 radical (unpaired) electrons. The maximum atomic E-state index is 12.4. The smallest absolute Gasteiger partial charge is 0.303 e. The van der Waals surface area contributed by atoms with E-state index in [1.165, 1.54) is 0 Å². The first kappa shape index (κ1) is 43.9. The topological polar surface area (TPSA) is 171 Å². The first-order chi connectivity index (χ1) is 25.5. The van der Waals surface area contributed by atoms with E-state index in [4.69, 9.17) is 5.11 Å². The molecule has 2 aromatic rings. The summed E-state index contributed by atoms with van der Waals surface area (Å²) in [7, 11) is 0. The quantitative estimate of drug-likeness (QED) is 0.0575. The van der Waals surface area contributed by atoms with Gasteiger partial charge >= 0.3 is 5.97 Å². The van der Waals surface area contributed by atoms with E-state index in [1.54, 1.807) is 25.1 Å². The van der Waals surface area contributed by atoms with Crippen LogP contribution in [-0.2, 0) is 24.1 Å². The number of carbonyl (C=O) groups is 1. The van der Waals surface area contributed by atoms with Crippen molar-refractivity contribution in [3.63, 3.8) is 0 Å². The number of aryl methyl sites for hydroxylation is 1. The number of hydrogen-bond donors (Lipinski definition) is 8. The number of benzene rings is 2. The zero-order valence-corrected chi connectivity index (χ0v) is 31.8. The Hall–Kier alpha value is -3.49. The lowest BCUT2D eigenvalue weighted by molar-refractivity contribution is -0.137. The molecule has 1 aliphatic rings. The number of hydrogen-bond acceptors (Lipinski definition) is 8. The highest BCUT2D eigenvalue weighted by Gasteiger charge is 2.35. The number of unbranched alkanes of at least 4 members (excludes halogenated alkanes) is 5. The van der Waals surface area contributed by atoms with Crippen LogP contribution in [0.3, 0.4) is 0 Å². The van der Waals surface area contributed by atoms with Crippen LogP contribution in [0.5, 0.6) is 5.75 Å². The van der Waals surface area contributed by atoms with E-state index in [0.29, 0.717) is 44.9 Å². The Morgan fingerprint density at radius 3 is 2.53 bits per heavy atom. The SMILES string of the molecule is CCCCC[C@H](O)/C=C/C1=C(\C[C@H](O)CO)[C@H](CCCCCCC(=O)O)N[C@@H]([C@@](C)(O)Cc2ccc(O)cc2CCO)CC#Cc2ccccc2CC1. The fourth-order valence-electron chi connectivity index (χ4n) is 7.16. The van der Waals surface area contributed by atoms with Crippen LogP contribution < -0.4 is 5.32 Å². The summed E-state index contributed by atoms with van der Waals surface area (Å²) in [4.78, 5) is 11.1. The Morgan fingerprint density at radius 2 is 1.79 bits per heavy atom. The predicted octanol–water partition coefficient (Wildman–Crippen LogP) is 5.90. The number of fused-ring (bicyclic) bond motifs is 1. The summed E-state index contributed by atoms with van der Waals surface area (Å²) in [5.74, 6) is 5.98. The van der Waals surface area contributed by atoms with Crippen LogP contribution in [0.1, 0.15) is 120 Å². The first-order valence-electron chi connectivity index (χ1n) is 19.5. The number of phenols is 1. The minimum Gasteiger partial charge on any atom is -0.508 e. The third-order valence-corrected chi connectivity index (χ3v) is 10.2. The number of rotatable bonds is 21. The molecule has 53 heavy (non-hydrogen) atoms. The van der Waals surface area contributed by atoms with Crippen LogP contribution >= 0.6 is 0 Å². The lowest BCUT2D eigenvalue weighted by Gasteiger charge is -2.38. The average Bonchev–Trinajstić information content (AvgIpc) is 3.12. The summed E-state index contributed by atoms with van der Waals surface area (Å²) < 4.78 is 0. The molecule has 0 spiro atoms. The number of aliphatic carboxylic acids is 1. The molecule has 5 atom stereocenters. The third-order valence-electron chi connectivity index (χ3n) is 10.2. The molecule has 0 aromatic heterocycles. The van der Waals surface area contributed by atoms with Crippen molar-refractivity contribution in [2.75, 3.05) is 13.2 Å². The molecule has 0 saturated carbocycles. The summed E-state index contributed by atoms with van der Waals surface area (Å²) in [6, 6.07) is 12.1. The maximum Gasteiger partial charge on any atom is 0.303 e. The van der Waals surface area contributed by atoms with Crippen molar-refractivity contribution in [2.24, 2.45) is 0 Å². The highest BCUT2D eigenvalue weighted by atomic mass is 16.4. The van der Waals surface area contributed by atoms with Gasteiger partial charge in [0.15, 0.2) is 0 Å². The van der Waals surface area contributed by atoms with Crippen molar-refractivity contribution in [1.82, 2.24) is 5.32 Å². The molecule has 9 nitrogen and oxygen atoms in total. The second kappa shape index (κ2) is 23.3. The van der Waals surface area contributed by atoms with Gasteiger partial charge in [0, 0.05) is 43.5 Å². The molecule has 3 rings (SSSR count). The molecular formula is C44H63NO8. The average molecular weight is 734 g/mol. The largest absolute Gasteiger partial charge is 0.508 e. The Morgan fingerprint density at radius 1 is 1.02 bits per heavy atom. The zero-order chi connectivity index (χ0) is 38.6. The van der Waals surface area contributed by atoms with Crippen LogP contribution in [0.25, 0.3) is 0 Å². The number of phenolic OH excluding ortho intramolecular Hbond substituents is 1. The van der Waals surface area contributed by atoms with Crippen LogP contribution in [0.4, 0.5) is 0 Å². The summed E-state index contributed by atoms with van der Waals surface area (Å²) >= 11 is 0. The standard InChI is InChI=1S/C44H63NO8/c1-3-4-7-16-37(48)24-22-34-21-20-33-14-11-10-13-32(33)15-12-18-42(44(2,53)30-36-23-25-38(49)28-35(36)26-27-46)45-41(40(34)29-39(50)31-47)17-8-5-6-9-19-43(51)52/h10-11,13-14,22-25,28,37,39,41-42,45-50,53H,3-9,16-21,26-27,29-31H2,1-2H3,(H,51,52)/b24-22+,40-34+/t37-,39-,41-,42+,44-/m0/s1. The molecule has 0 saturated heterocycles. The van der Waals surface area contributed by atoms with Gasteiger partial charge in [-0.25, -0.2) is 0 Å². The van der Waals surface area contributed by atoms with Crippen molar-refractivity contribution in [2.45, 2.75) is 146 Å². The highest BCUT2D eigenvalue weighted by molar-refractivity contribution is 5.66. The summed E-state index contributed by atoms with van der Waals surface area (Å²) in [5, 5.41) is 77.2. The molecule has 0 bridgehead atoms. The Labute approximate surface area is 316 Å². The lowest BCUT2D eigenvalue weighted by atomic mass is 9.82. The van der Waals surface area contributed by atoms with Gasteiger partial charge in [0.2, 0.25) is 0 Å². The Balaban J connectivity index is 2.16. The highest BCUT2D eigenvalue weighted by Crippen LogP contribution is 2.30. The van der Waals surface area contributed by atoms with Crippen molar-refractivity contribution < 1.29 is 40.5 Å². The number of aliphatic hydroxyl groups is 5. The minimum atomic E-state index is -1.36. The predicted molar refractivity (Wildman–Crippen MR) is 210 cm³/mol. The van der Waals surface area contributed by atoms with Gasteiger partial charge in [-0.05, 0) is 97.9 Å². The van der Waals surface area contributed by atoms with Gasteiger partial charge in [0.1, 0.15) is 5.75 Å². The van der Waals surface area contributed by atoms with Crippen molar-refractivity contribution >= 4 is 5.97 Å². The molecule has 8 N–H and O–H groups in total. The van der Waals surface area contributed by atoms with Gasteiger partial charge in [-0.15, -0.1) is 0 Å². The van der Waals surface area contributed by atoms with Gasteiger partial charge in [-0.3, -0.25) is 4.79 Å². The van der Waals surface area contributed by atoms with Crippen LogP contribution in [0, 0.1) is 11.8 Å². The molecule has 9 heteroatoms. The van der Waals surface area contributed by atoms with E-state index >= 15 is 0 Å². The van der Waals surface area contributed by atoms with E-state index in [1.807, 2.05) is 30.4 Å². The number of aliphatic hydroxyl groups excluding tert-OH is 4. The molecule has 0 fully saturated rings. The number of carboxylic acids is 1. The second-order valence-corrected chi connectivity index (χ2v) is 14.8. The number of nitrogens with one attached hydrogen (secondary N) is 1. The third kappa shape index (κ3) is 15.4. The Kier molecular flexibility index (Phi) is 19.3. The van der Waals surface area contributed by atoms with Crippen molar-refractivity contribution in [3.05, 3.63) is 88.0 Å². The van der Waals surface area contributed by atoms with Gasteiger partial charge in [0.25, 0.3) is 0 Å². The Bertz CT molecular complexity index is 1540. The van der Waals surface area contributed by atoms with Gasteiger partial charge in [-0.2, -0.15) is 0 Å². The molecular weight excluding hydrogens is 670 g/mol. The zero-order valence-electron chi connectivity index (χ0n) is 31.8. The van der Waals surface area contributed by atoms with E-state index in [2.05, 4.69) is 30.1 Å². The van der Waals surface area contributed by atoms with E-state index in [9.17, 15) is 35.4 Å². The van der Waals surface area contributed by atoms with Crippen molar-refractivity contribution in [1.29, 1.82) is 0 Å². The monoisotopic (exact) mass is 733 g/mol. The fraction of sp³-hybridized carbons (Fsp3) is 0.568. The van der Waals surface area contributed by atoms with Gasteiger partial charge < -0.3 is 41.1 Å². The second-order valence-electron chi connectivity index (χ2n) is 14.8. The molecule has 0 unspecified atom stereocenters. The maximum absolute atomic E-state index is 12.4. The van der Waals surface area contributed by atoms with Gasteiger partial charge in [0.05, 0.1) is 24.4 Å². The summed E-state index contributed by atoms with van der Waals surface area (Å²) in [6.45, 7) is 3.36. The lowest BCUT2D eigenvalue weighted by Crippen LogP contribution is -2.54. The molecule has 2 aromatic carbocycles. The molecule has 1 aliphatic heterocycles. The van der Waals surface area contributed by atoms with E-state index < -0.39 is 36.4 Å². The van der Waals surface area contributed by atoms with Crippen LogP contribution in [0.15, 0.2) is 65.8 Å². The molecule has 292 valence electrons. The molecule has 0 aliphatic carbocycles. The molecule has 0 amide bonds. The van der Waals surface area contributed by atoms with Crippen LogP contribution in [0.2, 0.25) is 0 Å². The minimum absolute atomic E-state index is 0.0854. The van der Waals surface area contributed by atoms with Crippen molar-refractivity contribution in [3.8, 4) is 17.6 Å². The van der Waals surface area contributed by atoms with Gasteiger partial charge in [-0.1, -0.05) is 93.7 Å². The normalized spacial score (nSPS) is 20.4. The number of aromatic hydroxyl groups is 1. The number of carboxylic acid groups (broad SMARTS) is 1. The summed E-state index contributed by atoms with van der Waals surface area (Å²) in [5.41, 5.74) is 4.00. The van der Waals surface area contributed by atoms with E-state index in [0.717, 1.165) is 71.9 Å². The first-order valence-corrected chi connectivity index (χ1v) is 19.5. The van der Waals surface area contributed by atoms with E-state index in [-0.39, 0.29) is 37.7 Å².